The van der Waals surface area contributed by atoms with Gasteiger partial charge in [0.1, 0.15) is 12.3 Å². The Kier molecular flexibility index (Phi) is 8.24. The molecule has 0 N–H and O–H groups in total. The summed E-state index contributed by atoms with van der Waals surface area (Å²) in [6.45, 7) is 1.32. The zero-order chi connectivity index (χ0) is 29.3. The first-order valence-corrected chi connectivity index (χ1v) is 14.0. The summed E-state index contributed by atoms with van der Waals surface area (Å²) in [5, 5.41) is 2.03. The Morgan fingerprint density at radius 3 is 2.02 bits per heavy atom. The van der Waals surface area contributed by atoms with Gasteiger partial charge in [0.15, 0.2) is 5.78 Å². The van der Waals surface area contributed by atoms with Crippen LogP contribution in [0.25, 0.3) is 0 Å². The Morgan fingerprint density at radius 1 is 0.854 bits per heavy atom. The summed E-state index contributed by atoms with van der Waals surface area (Å²) in [6.07, 6.45) is 2.72. The van der Waals surface area contributed by atoms with Crippen molar-refractivity contribution in [3.8, 4) is 5.75 Å². The quantitative estimate of drug-likeness (QED) is 0.146. The monoisotopic (exact) mass is 592 g/mol. The van der Waals surface area contributed by atoms with Crippen LogP contribution >= 0.6 is 23.2 Å². The third-order valence-corrected chi connectivity index (χ3v) is 7.97. The number of carbonyl (C=O) groups is 5. The summed E-state index contributed by atoms with van der Waals surface area (Å²) in [5.41, 5.74) is 1.58. The lowest BCUT2D eigenvalue weighted by Crippen LogP contribution is -2.52. The van der Waals surface area contributed by atoms with Gasteiger partial charge in [0.2, 0.25) is 0 Å². The number of hydrogen-bond donors (Lipinski definition) is 0. The topological polar surface area (TPSA) is 101 Å². The Morgan fingerprint density at radius 2 is 1.44 bits per heavy atom. The standard InChI is InChI=1S/C31H26Cl2N2O6/c1-18-6-8-20(9-7-18)31(40)41-22-13-10-19(11-14-22)27(36)17-34(28(37)25-15-12-21(32)16-26(25)33)35-29(38)23-4-2-3-5-24(23)30(35)39/h6-16,23-24H,2-5,17H2,1H3/t23-,24+. The third kappa shape index (κ3) is 5.89. The number of hydrogen-bond acceptors (Lipinski definition) is 6. The number of imide groups is 1. The van der Waals surface area contributed by atoms with E-state index in [1.807, 2.05) is 6.92 Å². The molecule has 1 aliphatic carbocycles. The zero-order valence-corrected chi connectivity index (χ0v) is 23.7. The van der Waals surface area contributed by atoms with E-state index >= 15 is 0 Å². The summed E-state index contributed by atoms with van der Waals surface area (Å²) in [5.74, 6) is -3.67. The van der Waals surface area contributed by atoms with Gasteiger partial charge in [-0.3, -0.25) is 19.2 Å². The minimum atomic E-state index is -0.774. The number of nitrogens with zero attached hydrogens (tertiary/aromatic N) is 2. The van der Waals surface area contributed by atoms with E-state index in [1.54, 1.807) is 24.3 Å². The molecule has 1 saturated heterocycles. The molecule has 3 aromatic rings. The highest BCUT2D eigenvalue weighted by Crippen LogP contribution is 2.39. The molecular weight excluding hydrogens is 567 g/mol. The van der Waals surface area contributed by atoms with Crippen LogP contribution in [0.5, 0.6) is 5.75 Å². The maximum absolute atomic E-state index is 13.7. The van der Waals surface area contributed by atoms with Crippen LogP contribution in [-0.4, -0.2) is 46.0 Å². The lowest BCUT2D eigenvalue weighted by atomic mass is 9.81. The minimum Gasteiger partial charge on any atom is -0.423 e. The van der Waals surface area contributed by atoms with Crippen molar-refractivity contribution in [2.24, 2.45) is 11.8 Å². The first-order chi connectivity index (χ1) is 19.6. The number of halogens is 2. The molecule has 210 valence electrons. The number of ether oxygens (including phenoxy) is 1. The van der Waals surface area contributed by atoms with E-state index in [0.717, 1.165) is 28.4 Å². The molecule has 3 aromatic carbocycles. The van der Waals surface area contributed by atoms with Crippen molar-refractivity contribution in [1.29, 1.82) is 0 Å². The van der Waals surface area contributed by atoms with Crippen LogP contribution in [0.3, 0.4) is 0 Å². The average Bonchev–Trinajstić information content (AvgIpc) is 3.21. The second-order valence-electron chi connectivity index (χ2n) is 10.2. The molecule has 0 bridgehead atoms. The number of esters is 1. The van der Waals surface area contributed by atoms with Crippen LogP contribution in [-0.2, 0) is 9.59 Å². The molecule has 8 nitrogen and oxygen atoms in total. The van der Waals surface area contributed by atoms with Gasteiger partial charge >= 0.3 is 5.97 Å². The van der Waals surface area contributed by atoms with Gasteiger partial charge in [-0.2, -0.15) is 5.01 Å². The fraction of sp³-hybridized carbons (Fsp3) is 0.258. The summed E-state index contributed by atoms with van der Waals surface area (Å²) >= 11 is 12.3. The van der Waals surface area contributed by atoms with Crippen molar-refractivity contribution in [2.45, 2.75) is 32.6 Å². The van der Waals surface area contributed by atoms with Crippen LogP contribution < -0.4 is 4.74 Å². The third-order valence-electron chi connectivity index (χ3n) is 7.42. The van der Waals surface area contributed by atoms with Crippen LogP contribution in [0.1, 0.15) is 62.3 Å². The second-order valence-corrected chi connectivity index (χ2v) is 11.0. The van der Waals surface area contributed by atoms with E-state index in [9.17, 15) is 24.0 Å². The lowest BCUT2D eigenvalue weighted by Gasteiger charge is -2.30. The number of fused-ring (bicyclic) bond motifs is 1. The highest BCUT2D eigenvalue weighted by molar-refractivity contribution is 6.36. The second kappa shape index (κ2) is 11.8. The predicted octanol–water partition coefficient (Wildman–Crippen LogP) is 5.94. The van der Waals surface area contributed by atoms with Crippen LogP contribution in [0.4, 0.5) is 0 Å². The fourth-order valence-electron chi connectivity index (χ4n) is 5.21. The number of carbonyl (C=O) groups excluding carboxylic acids is 5. The van der Waals surface area contributed by atoms with Gasteiger partial charge in [-0.15, -0.1) is 0 Å². The molecule has 1 saturated carbocycles. The SMILES string of the molecule is Cc1ccc(C(=O)Oc2ccc(C(=O)CN(C(=O)c3ccc(Cl)cc3Cl)N3C(=O)[C@H]4CCCC[C@H]4C3=O)cc2)cc1. The van der Waals surface area contributed by atoms with E-state index in [1.165, 1.54) is 42.5 Å². The van der Waals surface area contributed by atoms with Gasteiger partial charge in [0.25, 0.3) is 17.7 Å². The molecule has 10 heteroatoms. The number of ketones is 1. The summed E-state index contributed by atoms with van der Waals surface area (Å²) in [6, 6.07) is 17.0. The van der Waals surface area contributed by atoms with E-state index in [4.69, 9.17) is 27.9 Å². The molecule has 2 aliphatic rings. The normalized spacial score (nSPS) is 18.2. The van der Waals surface area contributed by atoms with Crippen molar-refractivity contribution in [3.63, 3.8) is 0 Å². The number of hydrazine groups is 1. The number of rotatable bonds is 7. The highest BCUT2D eigenvalue weighted by atomic mass is 35.5. The Hall–Kier alpha value is -4.01. The summed E-state index contributed by atoms with van der Waals surface area (Å²) in [4.78, 5) is 66.3. The van der Waals surface area contributed by atoms with Crippen LogP contribution in [0, 0.1) is 18.8 Å². The summed E-state index contributed by atoms with van der Waals surface area (Å²) in [7, 11) is 0. The lowest BCUT2D eigenvalue weighted by molar-refractivity contribution is -0.154. The van der Waals surface area contributed by atoms with E-state index in [0.29, 0.717) is 23.4 Å². The minimum absolute atomic E-state index is 0.00213. The largest absolute Gasteiger partial charge is 0.423 e. The number of amides is 3. The molecule has 1 heterocycles. The number of aryl methyl sites for hydroxylation is 1. The molecule has 2 fully saturated rings. The van der Waals surface area contributed by atoms with E-state index in [2.05, 4.69) is 0 Å². The zero-order valence-electron chi connectivity index (χ0n) is 22.1. The number of benzene rings is 3. The molecular formula is C31H26Cl2N2O6. The highest BCUT2D eigenvalue weighted by Gasteiger charge is 2.52. The van der Waals surface area contributed by atoms with Crippen LogP contribution in [0.2, 0.25) is 10.0 Å². The average molecular weight is 593 g/mol. The molecule has 2 atom stereocenters. The summed E-state index contributed by atoms with van der Waals surface area (Å²) < 4.78 is 5.40. The molecule has 1 aliphatic heterocycles. The molecule has 0 unspecified atom stereocenters. The van der Waals surface area contributed by atoms with Crippen molar-refractivity contribution in [1.82, 2.24) is 10.0 Å². The van der Waals surface area contributed by atoms with Crippen molar-refractivity contribution in [2.75, 3.05) is 6.54 Å². The Bertz CT molecular complexity index is 1510. The van der Waals surface area contributed by atoms with E-state index < -0.39 is 47.9 Å². The molecule has 0 radical (unpaired) electrons. The molecule has 0 spiro atoms. The fourth-order valence-corrected chi connectivity index (χ4v) is 5.70. The Balaban J connectivity index is 1.38. The van der Waals surface area contributed by atoms with Gasteiger partial charge in [0.05, 0.1) is 28.0 Å². The van der Waals surface area contributed by atoms with Gasteiger partial charge in [0, 0.05) is 10.6 Å². The van der Waals surface area contributed by atoms with Crippen molar-refractivity contribution < 1.29 is 28.7 Å². The predicted molar refractivity (Wildman–Crippen MR) is 152 cm³/mol. The smallest absolute Gasteiger partial charge is 0.343 e. The Labute approximate surface area is 246 Å². The van der Waals surface area contributed by atoms with Gasteiger partial charge in [-0.05, 0) is 74.4 Å². The van der Waals surface area contributed by atoms with Crippen molar-refractivity contribution in [3.05, 3.63) is 99.0 Å². The first-order valence-electron chi connectivity index (χ1n) is 13.2. The molecule has 3 amide bonds. The maximum atomic E-state index is 13.7. The maximum Gasteiger partial charge on any atom is 0.343 e. The molecule has 5 rings (SSSR count). The van der Waals surface area contributed by atoms with E-state index in [-0.39, 0.29) is 21.9 Å². The van der Waals surface area contributed by atoms with Gasteiger partial charge in [-0.1, -0.05) is 53.7 Å². The van der Waals surface area contributed by atoms with Gasteiger partial charge in [-0.25, -0.2) is 9.80 Å². The van der Waals surface area contributed by atoms with Crippen molar-refractivity contribution >= 4 is 52.7 Å². The number of Topliss-reactive ketones (excluding diaryl/α,β-unsaturated/α-hetero) is 1. The molecule has 41 heavy (non-hydrogen) atoms. The van der Waals surface area contributed by atoms with Crippen LogP contribution in [0.15, 0.2) is 66.7 Å². The van der Waals surface area contributed by atoms with Gasteiger partial charge < -0.3 is 4.74 Å². The molecule has 0 aromatic heterocycles. The first kappa shape index (κ1) is 28.5.